The van der Waals surface area contributed by atoms with E-state index in [-0.39, 0.29) is 21.4 Å². The second-order valence-corrected chi connectivity index (χ2v) is 10.6. The lowest BCUT2D eigenvalue weighted by Gasteiger charge is -2.21. The number of thiophene rings is 1. The van der Waals surface area contributed by atoms with E-state index in [1.807, 2.05) is 49.4 Å². The number of hydrogen-bond acceptors (Lipinski definition) is 5. The number of fused-ring (bicyclic) bond motifs is 1. The molecule has 0 aliphatic carbocycles. The average molecular weight is 481 g/mol. The molecule has 6 nitrogen and oxygen atoms in total. The molecule has 3 aromatic carbocycles. The van der Waals surface area contributed by atoms with E-state index >= 15 is 0 Å². The molecular formula is C25H24N2O4S2. The van der Waals surface area contributed by atoms with Gasteiger partial charge in [0, 0.05) is 19.2 Å². The van der Waals surface area contributed by atoms with E-state index in [9.17, 15) is 13.2 Å². The minimum atomic E-state index is -3.82. The molecule has 0 aliphatic rings. The van der Waals surface area contributed by atoms with Crippen molar-refractivity contribution in [2.45, 2.75) is 17.7 Å². The molecule has 1 amide bonds. The summed E-state index contributed by atoms with van der Waals surface area (Å²) in [6.07, 6.45) is 0. The molecule has 0 unspecified atom stereocenters. The van der Waals surface area contributed by atoms with Gasteiger partial charge in [-0.1, -0.05) is 48.0 Å². The molecule has 0 aliphatic heterocycles. The van der Waals surface area contributed by atoms with Gasteiger partial charge in [-0.2, -0.15) is 0 Å². The maximum absolute atomic E-state index is 13.5. The molecule has 0 spiro atoms. The van der Waals surface area contributed by atoms with E-state index in [2.05, 4.69) is 4.72 Å². The van der Waals surface area contributed by atoms with Crippen molar-refractivity contribution >= 4 is 43.7 Å². The first-order chi connectivity index (χ1) is 15.8. The second-order valence-electron chi connectivity index (χ2n) is 7.76. The Balaban J connectivity index is 1.73. The zero-order chi connectivity index (χ0) is 23.6. The molecule has 170 valence electrons. The molecule has 0 radical (unpaired) electrons. The summed E-state index contributed by atoms with van der Waals surface area (Å²) in [6, 6.07) is 20.0. The van der Waals surface area contributed by atoms with Crippen LogP contribution in [0.3, 0.4) is 0 Å². The van der Waals surface area contributed by atoms with Gasteiger partial charge >= 0.3 is 0 Å². The van der Waals surface area contributed by atoms with Crippen molar-refractivity contribution in [1.82, 2.24) is 4.90 Å². The predicted octanol–water partition coefficient (Wildman–Crippen LogP) is 5.29. The fourth-order valence-electron chi connectivity index (χ4n) is 3.68. The lowest BCUT2D eigenvalue weighted by atomic mass is 10.0. The number of rotatable bonds is 7. The van der Waals surface area contributed by atoms with Crippen LogP contribution in [0.25, 0.3) is 10.8 Å². The summed E-state index contributed by atoms with van der Waals surface area (Å²) in [5, 5.41) is 3.38. The summed E-state index contributed by atoms with van der Waals surface area (Å²) in [6.45, 7) is 2.29. The van der Waals surface area contributed by atoms with Gasteiger partial charge in [-0.3, -0.25) is 9.52 Å². The van der Waals surface area contributed by atoms with Gasteiger partial charge in [0.05, 0.1) is 18.4 Å². The summed E-state index contributed by atoms with van der Waals surface area (Å²) in [5.41, 5.74) is 2.45. The number of benzene rings is 3. The molecule has 0 bridgehead atoms. The van der Waals surface area contributed by atoms with Crippen LogP contribution in [0.4, 0.5) is 5.69 Å². The number of aryl methyl sites for hydroxylation is 1. The number of carbonyl (C=O) groups excluding carboxylic acids is 1. The van der Waals surface area contributed by atoms with Crippen molar-refractivity contribution in [2.75, 3.05) is 18.9 Å². The summed E-state index contributed by atoms with van der Waals surface area (Å²) < 4.78 is 34.1. The Kier molecular flexibility index (Phi) is 6.40. The third kappa shape index (κ3) is 4.86. The zero-order valence-electron chi connectivity index (χ0n) is 18.5. The van der Waals surface area contributed by atoms with Crippen LogP contribution < -0.4 is 9.46 Å². The number of nitrogens with zero attached hydrogens (tertiary/aromatic N) is 1. The SMILES string of the molecule is COc1ccc(C)cc1CN(C)C(=O)c1cc2ccccc2cc1NS(=O)(=O)c1cccs1. The minimum Gasteiger partial charge on any atom is -0.496 e. The number of methoxy groups -OCH3 is 1. The normalized spacial score (nSPS) is 11.4. The van der Waals surface area contributed by atoms with Crippen LogP contribution >= 0.6 is 11.3 Å². The number of anilines is 1. The molecule has 0 atom stereocenters. The topological polar surface area (TPSA) is 75.7 Å². The van der Waals surface area contributed by atoms with Crippen LogP contribution in [-0.2, 0) is 16.6 Å². The van der Waals surface area contributed by atoms with Crippen molar-refractivity contribution < 1.29 is 17.9 Å². The zero-order valence-corrected chi connectivity index (χ0v) is 20.2. The van der Waals surface area contributed by atoms with Crippen LogP contribution in [0.2, 0.25) is 0 Å². The largest absolute Gasteiger partial charge is 0.496 e. The van der Waals surface area contributed by atoms with E-state index in [1.165, 1.54) is 6.07 Å². The van der Waals surface area contributed by atoms with Gasteiger partial charge in [0.2, 0.25) is 0 Å². The van der Waals surface area contributed by atoms with Crippen molar-refractivity contribution in [3.8, 4) is 5.75 Å². The third-order valence-corrected chi connectivity index (χ3v) is 8.07. The van der Waals surface area contributed by atoms with Gasteiger partial charge in [-0.05, 0) is 47.3 Å². The fraction of sp³-hybridized carbons (Fsp3) is 0.160. The monoisotopic (exact) mass is 480 g/mol. The first-order valence-corrected chi connectivity index (χ1v) is 12.6. The lowest BCUT2D eigenvalue weighted by molar-refractivity contribution is 0.0785. The van der Waals surface area contributed by atoms with Gasteiger partial charge in [0.1, 0.15) is 9.96 Å². The van der Waals surface area contributed by atoms with Crippen LogP contribution in [0.15, 0.2) is 76.3 Å². The second kappa shape index (κ2) is 9.25. The van der Waals surface area contributed by atoms with Gasteiger partial charge in [0.25, 0.3) is 15.9 Å². The predicted molar refractivity (Wildman–Crippen MR) is 133 cm³/mol. The van der Waals surface area contributed by atoms with E-state index < -0.39 is 10.0 Å². The molecule has 1 N–H and O–H groups in total. The summed E-state index contributed by atoms with van der Waals surface area (Å²) in [7, 11) is -0.532. The molecule has 4 rings (SSSR count). The van der Waals surface area contributed by atoms with E-state index in [4.69, 9.17) is 4.74 Å². The molecule has 8 heteroatoms. The van der Waals surface area contributed by atoms with Gasteiger partial charge in [-0.25, -0.2) is 8.42 Å². The quantitative estimate of drug-likeness (QED) is 0.390. The van der Waals surface area contributed by atoms with E-state index in [0.29, 0.717) is 12.3 Å². The molecule has 1 heterocycles. The van der Waals surface area contributed by atoms with Crippen LogP contribution in [-0.4, -0.2) is 33.4 Å². The van der Waals surface area contributed by atoms with Crippen molar-refractivity contribution in [3.05, 3.63) is 88.8 Å². The van der Waals surface area contributed by atoms with Crippen LogP contribution in [0, 0.1) is 6.92 Å². The molecular weight excluding hydrogens is 456 g/mol. The molecule has 0 saturated carbocycles. The highest BCUT2D eigenvalue weighted by molar-refractivity contribution is 7.94. The lowest BCUT2D eigenvalue weighted by Crippen LogP contribution is -2.28. The molecule has 4 aromatic rings. The Morgan fingerprint density at radius 3 is 2.42 bits per heavy atom. The number of sulfonamides is 1. The van der Waals surface area contributed by atoms with Gasteiger partial charge in [-0.15, -0.1) is 11.3 Å². The number of ether oxygens (including phenoxy) is 1. The summed E-state index contributed by atoms with van der Waals surface area (Å²) >= 11 is 1.12. The first kappa shape index (κ1) is 22.8. The summed E-state index contributed by atoms with van der Waals surface area (Å²) in [5.74, 6) is 0.394. The molecule has 0 saturated heterocycles. The van der Waals surface area contributed by atoms with Gasteiger partial charge in [0.15, 0.2) is 0 Å². The number of amides is 1. The highest BCUT2D eigenvalue weighted by atomic mass is 32.2. The fourth-order valence-corrected chi connectivity index (χ4v) is 5.74. The van der Waals surface area contributed by atoms with E-state index in [0.717, 1.165) is 33.2 Å². The third-order valence-electron chi connectivity index (χ3n) is 5.31. The Morgan fingerprint density at radius 1 is 1.03 bits per heavy atom. The number of carbonyl (C=O) groups is 1. The maximum Gasteiger partial charge on any atom is 0.271 e. The molecule has 0 fully saturated rings. The van der Waals surface area contributed by atoms with Crippen molar-refractivity contribution in [1.29, 1.82) is 0 Å². The molecule has 33 heavy (non-hydrogen) atoms. The minimum absolute atomic E-state index is 0.187. The molecule has 1 aromatic heterocycles. The highest BCUT2D eigenvalue weighted by Gasteiger charge is 2.23. The summed E-state index contributed by atoms with van der Waals surface area (Å²) in [4.78, 5) is 15.1. The smallest absolute Gasteiger partial charge is 0.271 e. The van der Waals surface area contributed by atoms with Crippen molar-refractivity contribution in [3.63, 3.8) is 0 Å². The van der Waals surface area contributed by atoms with Crippen LogP contribution in [0.5, 0.6) is 5.75 Å². The van der Waals surface area contributed by atoms with E-state index in [1.54, 1.807) is 42.6 Å². The highest BCUT2D eigenvalue weighted by Crippen LogP contribution is 2.29. The first-order valence-electron chi connectivity index (χ1n) is 10.3. The number of nitrogens with one attached hydrogen (secondary N) is 1. The Bertz CT molecular complexity index is 1410. The average Bonchev–Trinajstić information content (AvgIpc) is 3.34. The van der Waals surface area contributed by atoms with Crippen molar-refractivity contribution in [2.24, 2.45) is 0 Å². The van der Waals surface area contributed by atoms with Crippen LogP contribution in [0.1, 0.15) is 21.5 Å². The Hall–Kier alpha value is -3.36. The Morgan fingerprint density at radius 2 is 1.76 bits per heavy atom. The Labute approximate surface area is 197 Å². The standard InChI is InChI=1S/C25H24N2O4S2/c1-17-10-11-23(31-3)20(13-17)16-27(2)25(28)21-14-18-7-4-5-8-19(18)15-22(21)26-33(29,30)24-9-6-12-32-24/h4-15,26H,16H2,1-3H3. The van der Waals surface area contributed by atoms with Gasteiger partial charge < -0.3 is 9.64 Å². The number of hydrogen-bond donors (Lipinski definition) is 1. The maximum atomic E-state index is 13.5.